The van der Waals surface area contributed by atoms with E-state index in [1.54, 1.807) is 0 Å². The Balaban J connectivity index is 1.77. The molecule has 2 bridgehead atoms. The number of hydrogen-bond acceptors (Lipinski definition) is 5. The zero-order valence-corrected chi connectivity index (χ0v) is 15.0. The molecule has 3 heterocycles. The molecular formula is C18H25ClN4O2. The minimum atomic E-state index is -0.639. The van der Waals surface area contributed by atoms with Crippen LogP contribution in [0.15, 0.2) is 6.07 Å². The summed E-state index contributed by atoms with van der Waals surface area (Å²) in [4.78, 5) is 14.3. The Morgan fingerprint density at radius 1 is 1.32 bits per heavy atom. The lowest BCUT2D eigenvalue weighted by molar-refractivity contribution is -0.124. The van der Waals surface area contributed by atoms with Gasteiger partial charge in [0.25, 0.3) is 5.91 Å². The summed E-state index contributed by atoms with van der Waals surface area (Å²) in [6, 6.07) is 1.94. The molecule has 6 nitrogen and oxygen atoms in total. The molecule has 0 aliphatic carbocycles. The monoisotopic (exact) mass is 364 g/mol. The first-order valence-electron chi connectivity index (χ1n) is 9.08. The molecule has 0 saturated carbocycles. The van der Waals surface area contributed by atoms with Crippen molar-refractivity contribution in [3.8, 4) is 5.75 Å². The molecule has 1 amide bonds. The van der Waals surface area contributed by atoms with Crippen LogP contribution < -0.4 is 21.5 Å². The Morgan fingerprint density at radius 3 is 2.96 bits per heavy atom. The van der Waals surface area contributed by atoms with E-state index < -0.39 is 12.0 Å². The van der Waals surface area contributed by atoms with Crippen molar-refractivity contribution in [2.75, 3.05) is 37.2 Å². The van der Waals surface area contributed by atoms with Crippen LogP contribution >= 0.6 is 11.6 Å². The summed E-state index contributed by atoms with van der Waals surface area (Å²) in [6.45, 7) is 3.98. The lowest BCUT2D eigenvalue weighted by Crippen LogP contribution is -2.43. The molecule has 3 aliphatic rings. The Bertz CT molecular complexity index is 696. The smallest absolute Gasteiger partial charge is 0.258 e. The highest BCUT2D eigenvalue weighted by Crippen LogP contribution is 2.49. The van der Waals surface area contributed by atoms with Gasteiger partial charge in [-0.1, -0.05) is 11.6 Å². The number of carbonyl (C=O) groups is 1. The molecule has 136 valence electrons. The molecule has 0 radical (unpaired) electrons. The Morgan fingerprint density at radius 2 is 2.16 bits per heavy atom. The Hall–Kier alpha value is -1.66. The average molecular weight is 365 g/mol. The van der Waals surface area contributed by atoms with Crippen LogP contribution in [0, 0.1) is 5.92 Å². The average Bonchev–Trinajstić information content (AvgIpc) is 2.82. The highest BCUT2D eigenvalue weighted by atomic mass is 35.5. The van der Waals surface area contributed by atoms with Gasteiger partial charge < -0.3 is 26.4 Å². The van der Waals surface area contributed by atoms with Crippen LogP contribution in [0.2, 0.25) is 5.02 Å². The molecule has 7 heteroatoms. The SMILES string of the molecule is NC(=O)C1CCNc2c(N)c(Cl)cc(C3CCN4CCCC3C4)c2O1. The molecule has 1 aromatic carbocycles. The number of hydrogen-bond donors (Lipinski definition) is 3. The number of nitrogens with two attached hydrogens (primary N) is 2. The van der Waals surface area contributed by atoms with Gasteiger partial charge in [-0.15, -0.1) is 0 Å². The molecular weight excluding hydrogens is 340 g/mol. The molecule has 1 aromatic rings. The van der Waals surface area contributed by atoms with Gasteiger partial charge in [0.05, 0.1) is 10.7 Å². The number of nitrogens with zero attached hydrogens (tertiary/aromatic N) is 1. The minimum Gasteiger partial charge on any atom is -0.478 e. The molecule has 4 rings (SSSR count). The second-order valence-electron chi connectivity index (χ2n) is 7.39. The number of rotatable bonds is 2. The molecule has 3 aliphatic heterocycles. The first kappa shape index (κ1) is 16.8. The van der Waals surface area contributed by atoms with E-state index in [1.165, 1.54) is 19.4 Å². The summed E-state index contributed by atoms with van der Waals surface area (Å²) in [5.74, 6) is 1.19. The highest BCUT2D eigenvalue weighted by Gasteiger charge is 2.37. The lowest BCUT2D eigenvalue weighted by Gasteiger charge is -2.43. The summed E-state index contributed by atoms with van der Waals surface area (Å²) in [5, 5.41) is 3.84. The van der Waals surface area contributed by atoms with Crippen molar-refractivity contribution in [3.05, 3.63) is 16.7 Å². The van der Waals surface area contributed by atoms with E-state index in [-0.39, 0.29) is 0 Å². The summed E-state index contributed by atoms with van der Waals surface area (Å²) in [6.07, 6.45) is 3.39. The zero-order chi connectivity index (χ0) is 17.6. The number of anilines is 2. The third kappa shape index (κ3) is 3.02. The molecule has 0 spiro atoms. The van der Waals surface area contributed by atoms with Crippen molar-refractivity contribution in [2.45, 2.75) is 37.7 Å². The van der Waals surface area contributed by atoms with Gasteiger partial charge >= 0.3 is 0 Å². The summed E-state index contributed by atoms with van der Waals surface area (Å²) < 4.78 is 6.09. The summed E-state index contributed by atoms with van der Waals surface area (Å²) in [5.41, 5.74) is 14.0. The number of ether oxygens (including phenoxy) is 1. The van der Waals surface area contributed by atoms with Gasteiger partial charge in [-0.05, 0) is 50.3 Å². The van der Waals surface area contributed by atoms with Gasteiger partial charge in [0, 0.05) is 25.1 Å². The van der Waals surface area contributed by atoms with E-state index >= 15 is 0 Å². The van der Waals surface area contributed by atoms with Crippen molar-refractivity contribution in [1.82, 2.24) is 4.90 Å². The maximum absolute atomic E-state index is 11.7. The van der Waals surface area contributed by atoms with Gasteiger partial charge in [0.1, 0.15) is 11.4 Å². The fraction of sp³-hybridized carbons (Fsp3) is 0.611. The first-order chi connectivity index (χ1) is 12.0. The van der Waals surface area contributed by atoms with E-state index in [0.29, 0.717) is 46.9 Å². The molecule has 0 aromatic heterocycles. The highest BCUT2D eigenvalue weighted by molar-refractivity contribution is 6.34. The number of carbonyl (C=O) groups excluding carboxylic acids is 1. The number of fused-ring (bicyclic) bond motifs is 3. The fourth-order valence-electron chi connectivity index (χ4n) is 4.56. The number of nitrogen functional groups attached to an aromatic ring is 1. The van der Waals surface area contributed by atoms with Crippen LogP contribution in [0.3, 0.4) is 0 Å². The zero-order valence-electron chi connectivity index (χ0n) is 14.3. The second kappa shape index (κ2) is 6.57. The van der Waals surface area contributed by atoms with E-state index in [1.807, 2.05) is 6.07 Å². The number of benzene rings is 1. The third-order valence-corrected chi connectivity index (χ3v) is 6.16. The van der Waals surface area contributed by atoms with Crippen LogP contribution in [0.5, 0.6) is 5.75 Å². The predicted molar refractivity (Wildman–Crippen MR) is 99.1 cm³/mol. The predicted octanol–water partition coefficient (Wildman–Crippen LogP) is 2.17. The fourth-order valence-corrected chi connectivity index (χ4v) is 4.78. The van der Waals surface area contributed by atoms with Gasteiger partial charge in [-0.2, -0.15) is 0 Å². The summed E-state index contributed by atoms with van der Waals surface area (Å²) >= 11 is 6.43. The molecule has 5 N–H and O–H groups in total. The number of nitrogens with one attached hydrogen (secondary N) is 1. The number of piperidine rings is 2. The number of amides is 1. The molecule has 4 unspecified atom stereocenters. The maximum atomic E-state index is 11.7. The third-order valence-electron chi connectivity index (χ3n) is 5.85. The van der Waals surface area contributed by atoms with E-state index in [2.05, 4.69) is 10.2 Å². The summed E-state index contributed by atoms with van der Waals surface area (Å²) in [7, 11) is 0. The molecule has 25 heavy (non-hydrogen) atoms. The van der Waals surface area contributed by atoms with Crippen LogP contribution in [0.4, 0.5) is 11.4 Å². The van der Waals surface area contributed by atoms with Crippen LogP contribution in [-0.4, -0.2) is 43.1 Å². The van der Waals surface area contributed by atoms with Gasteiger partial charge in [-0.25, -0.2) is 0 Å². The van der Waals surface area contributed by atoms with Crippen molar-refractivity contribution < 1.29 is 9.53 Å². The van der Waals surface area contributed by atoms with E-state index in [0.717, 1.165) is 25.1 Å². The van der Waals surface area contributed by atoms with E-state index in [4.69, 9.17) is 27.8 Å². The maximum Gasteiger partial charge on any atom is 0.258 e. The van der Waals surface area contributed by atoms with Crippen molar-refractivity contribution in [3.63, 3.8) is 0 Å². The first-order valence-corrected chi connectivity index (χ1v) is 9.46. The topological polar surface area (TPSA) is 93.6 Å². The van der Waals surface area contributed by atoms with Crippen LogP contribution in [0.1, 0.15) is 37.2 Å². The van der Waals surface area contributed by atoms with Gasteiger partial charge in [0.2, 0.25) is 0 Å². The quantitative estimate of drug-likeness (QED) is 0.699. The minimum absolute atomic E-state index is 0.372. The second-order valence-corrected chi connectivity index (χ2v) is 7.80. The van der Waals surface area contributed by atoms with Gasteiger partial charge in [0.15, 0.2) is 6.10 Å². The Kier molecular flexibility index (Phi) is 4.41. The van der Waals surface area contributed by atoms with Crippen LogP contribution in [0.25, 0.3) is 0 Å². The van der Waals surface area contributed by atoms with Crippen LogP contribution in [-0.2, 0) is 4.79 Å². The van der Waals surface area contributed by atoms with E-state index in [9.17, 15) is 4.79 Å². The standard InChI is InChI=1S/C18H25ClN4O2/c19-13-8-12(11-4-7-23-6-1-2-10(11)9-23)17-16(15(13)20)22-5-3-14(25-17)18(21)24/h8,10-11,14,22H,1-7,9,20H2,(H2,21,24). The molecule has 4 atom stereocenters. The lowest BCUT2D eigenvalue weighted by atomic mass is 9.75. The Labute approximate surface area is 152 Å². The van der Waals surface area contributed by atoms with Crippen molar-refractivity contribution >= 4 is 28.9 Å². The molecule has 2 saturated heterocycles. The van der Waals surface area contributed by atoms with Gasteiger partial charge in [-0.3, -0.25) is 4.79 Å². The largest absolute Gasteiger partial charge is 0.478 e. The van der Waals surface area contributed by atoms with Crippen molar-refractivity contribution in [2.24, 2.45) is 11.7 Å². The molecule has 2 fully saturated rings. The number of primary amides is 1. The normalized spacial score (nSPS) is 31.2. The van der Waals surface area contributed by atoms with Crippen molar-refractivity contribution in [1.29, 1.82) is 0 Å². The number of halogens is 1.